The number of carbonyl (C=O) groups is 1. The maximum absolute atomic E-state index is 13.6. The van der Waals surface area contributed by atoms with Crippen LogP contribution in [0.3, 0.4) is 0 Å². The molecule has 0 aliphatic carbocycles. The summed E-state index contributed by atoms with van der Waals surface area (Å²) in [6.45, 7) is 0. The normalized spacial score (nSPS) is 11.6. The molecule has 13 heteroatoms. The number of ether oxygens (including phenoxy) is 1. The molecule has 6 rings (SSSR count). The summed E-state index contributed by atoms with van der Waals surface area (Å²) in [7, 11) is 1.86. The minimum Gasteiger partial charge on any atom is -0.438 e. The molecule has 0 spiro atoms. The molecule has 0 aliphatic heterocycles. The number of aromatic nitrogens is 5. The van der Waals surface area contributed by atoms with Gasteiger partial charge >= 0.3 is 6.18 Å². The van der Waals surface area contributed by atoms with Crippen molar-refractivity contribution in [2.75, 3.05) is 5.32 Å². The number of hydrogen-bond acceptors (Lipinski definition) is 6. The molecule has 210 valence electrons. The van der Waals surface area contributed by atoms with Crippen molar-refractivity contribution in [1.82, 2.24) is 24.1 Å². The molecule has 0 saturated heterocycles. The van der Waals surface area contributed by atoms with Crippen molar-refractivity contribution < 1.29 is 22.7 Å². The monoisotopic (exact) mass is 590 g/mol. The summed E-state index contributed by atoms with van der Waals surface area (Å²) in [5.41, 5.74) is -0.903. The zero-order valence-electron chi connectivity index (χ0n) is 21.6. The Kier molecular flexibility index (Phi) is 6.62. The number of alkyl halides is 3. The molecule has 1 amide bonds. The van der Waals surface area contributed by atoms with Crippen LogP contribution in [0.1, 0.15) is 15.9 Å². The van der Waals surface area contributed by atoms with Crippen molar-refractivity contribution >= 4 is 45.3 Å². The summed E-state index contributed by atoms with van der Waals surface area (Å²) in [5.74, 6) is 0.0792. The molecule has 0 fully saturated rings. The van der Waals surface area contributed by atoms with Crippen LogP contribution in [0.4, 0.5) is 18.9 Å². The average Bonchev–Trinajstić information content (AvgIpc) is 3.35. The van der Waals surface area contributed by atoms with Gasteiger partial charge in [0, 0.05) is 30.5 Å². The highest BCUT2D eigenvalue weighted by Gasteiger charge is 2.31. The van der Waals surface area contributed by atoms with Crippen molar-refractivity contribution in [3.8, 4) is 17.3 Å². The van der Waals surface area contributed by atoms with Crippen LogP contribution in [0.15, 0.2) is 90.2 Å². The smallest absolute Gasteiger partial charge is 0.416 e. The number of amides is 1. The number of pyridine rings is 2. The highest BCUT2D eigenvalue weighted by atomic mass is 35.5. The van der Waals surface area contributed by atoms with E-state index in [0.717, 1.165) is 28.2 Å². The Morgan fingerprint density at radius 1 is 0.976 bits per heavy atom. The number of hydrogen-bond donors (Lipinski definition) is 1. The Bertz CT molecular complexity index is 2060. The first-order chi connectivity index (χ1) is 20.1. The third-order valence-electron chi connectivity index (χ3n) is 6.47. The van der Waals surface area contributed by atoms with Gasteiger partial charge in [-0.15, -0.1) is 0 Å². The fourth-order valence-electron chi connectivity index (χ4n) is 4.45. The van der Waals surface area contributed by atoms with Gasteiger partial charge in [0.2, 0.25) is 5.88 Å². The molecule has 9 nitrogen and oxygen atoms in total. The van der Waals surface area contributed by atoms with Crippen molar-refractivity contribution in [3.63, 3.8) is 0 Å². The van der Waals surface area contributed by atoms with Gasteiger partial charge in [-0.1, -0.05) is 11.6 Å². The zero-order valence-corrected chi connectivity index (χ0v) is 22.3. The minimum atomic E-state index is -4.63. The zero-order chi connectivity index (χ0) is 29.6. The lowest BCUT2D eigenvalue weighted by molar-refractivity contribution is -0.137. The summed E-state index contributed by atoms with van der Waals surface area (Å²) in [6, 6.07) is 15.4. The van der Waals surface area contributed by atoms with Crippen molar-refractivity contribution in [3.05, 3.63) is 112 Å². The van der Waals surface area contributed by atoms with E-state index < -0.39 is 23.2 Å². The fourth-order valence-corrected chi connectivity index (χ4v) is 4.71. The summed E-state index contributed by atoms with van der Waals surface area (Å²) >= 11 is 6.20. The van der Waals surface area contributed by atoms with E-state index in [1.807, 2.05) is 23.9 Å². The molecular weight excluding hydrogens is 573 g/mol. The fraction of sp³-hybridized carbons (Fsp3) is 0.0690. The van der Waals surface area contributed by atoms with Crippen molar-refractivity contribution in [2.24, 2.45) is 7.05 Å². The van der Waals surface area contributed by atoms with Gasteiger partial charge in [-0.3, -0.25) is 14.2 Å². The summed E-state index contributed by atoms with van der Waals surface area (Å²) in [6.07, 6.45) is 0.0332. The number of aryl methyl sites for hydroxylation is 1. The first-order valence-corrected chi connectivity index (χ1v) is 12.7. The number of rotatable bonds is 5. The average molecular weight is 591 g/mol. The van der Waals surface area contributed by atoms with E-state index in [2.05, 4.69) is 20.3 Å². The standard InChI is InChI=1S/C29H18ClF3N6O3/c1-38-12-10-20-25(38)35-15-36-27(20)42-19-7-5-18(6-8-19)37-26(40)21-13-16-3-2-11-34-24(16)39(28(21)41)23-9-4-17(14-22(23)30)29(31,32)33/h2-15H,1H3,(H,37,40). The van der Waals surface area contributed by atoms with Gasteiger partial charge in [-0.05, 0) is 66.7 Å². The van der Waals surface area contributed by atoms with E-state index in [4.69, 9.17) is 16.3 Å². The van der Waals surface area contributed by atoms with Crippen LogP contribution >= 0.6 is 11.6 Å². The second-order valence-corrected chi connectivity index (χ2v) is 9.61. The van der Waals surface area contributed by atoms with Crippen LogP contribution in [0.25, 0.3) is 27.8 Å². The molecular formula is C29H18ClF3N6O3. The number of nitrogens with one attached hydrogen (secondary N) is 1. The van der Waals surface area contributed by atoms with E-state index in [0.29, 0.717) is 28.4 Å². The first-order valence-electron chi connectivity index (χ1n) is 12.3. The lowest BCUT2D eigenvalue weighted by atomic mass is 10.1. The molecule has 6 aromatic rings. The Morgan fingerprint density at radius 3 is 2.50 bits per heavy atom. The second-order valence-electron chi connectivity index (χ2n) is 9.20. The van der Waals surface area contributed by atoms with Gasteiger partial charge in [0.1, 0.15) is 28.9 Å². The van der Waals surface area contributed by atoms with Crippen LogP contribution < -0.4 is 15.6 Å². The largest absolute Gasteiger partial charge is 0.438 e. The van der Waals surface area contributed by atoms with Gasteiger partial charge < -0.3 is 14.6 Å². The summed E-state index contributed by atoms with van der Waals surface area (Å²) in [4.78, 5) is 39.5. The topological polar surface area (TPSA) is 104 Å². The maximum atomic E-state index is 13.6. The van der Waals surface area contributed by atoms with Crippen LogP contribution in [-0.4, -0.2) is 30.0 Å². The third kappa shape index (κ3) is 4.92. The summed E-state index contributed by atoms with van der Waals surface area (Å²) in [5, 5.41) is 3.47. The Balaban J connectivity index is 1.31. The molecule has 0 radical (unpaired) electrons. The van der Waals surface area contributed by atoms with E-state index in [9.17, 15) is 22.8 Å². The lowest BCUT2D eigenvalue weighted by Crippen LogP contribution is -2.29. The van der Waals surface area contributed by atoms with E-state index in [1.165, 1.54) is 18.6 Å². The van der Waals surface area contributed by atoms with Gasteiger partial charge in [0.15, 0.2) is 0 Å². The molecule has 0 saturated carbocycles. The van der Waals surface area contributed by atoms with Crippen LogP contribution in [0.2, 0.25) is 5.02 Å². The SMILES string of the molecule is Cn1ccc2c(Oc3ccc(NC(=O)c4cc5cccnc5n(-c5ccc(C(F)(F)F)cc5Cl)c4=O)cc3)ncnc21. The number of nitrogens with zero attached hydrogens (tertiary/aromatic N) is 5. The van der Waals surface area contributed by atoms with E-state index >= 15 is 0 Å². The Labute approximate surface area is 239 Å². The number of benzene rings is 2. The van der Waals surface area contributed by atoms with Crippen molar-refractivity contribution in [2.45, 2.75) is 6.18 Å². The minimum absolute atomic E-state index is 0.0493. The van der Waals surface area contributed by atoms with Gasteiger partial charge in [0.05, 0.1) is 21.7 Å². The predicted octanol–water partition coefficient (Wildman–Crippen LogP) is 6.38. The molecule has 4 aromatic heterocycles. The second kappa shape index (κ2) is 10.3. The molecule has 4 heterocycles. The van der Waals surface area contributed by atoms with Crippen LogP contribution in [0.5, 0.6) is 11.6 Å². The Morgan fingerprint density at radius 2 is 1.76 bits per heavy atom. The number of carbonyl (C=O) groups excluding carboxylic acids is 1. The predicted molar refractivity (Wildman–Crippen MR) is 150 cm³/mol. The van der Waals surface area contributed by atoms with E-state index in [1.54, 1.807) is 36.4 Å². The maximum Gasteiger partial charge on any atom is 0.416 e. The lowest BCUT2D eigenvalue weighted by Gasteiger charge is -2.15. The highest BCUT2D eigenvalue weighted by Crippen LogP contribution is 2.34. The quantitative estimate of drug-likeness (QED) is 0.250. The molecule has 0 unspecified atom stereocenters. The molecule has 0 bridgehead atoms. The number of halogens is 4. The molecule has 0 atom stereocenters. The Hall–Kier alpha value is -5.23. The number of fused-ring (bicyclic) bond motifs is 2. The van der Waals surface area contributed by atoms with Crippen LogP contribution in [-0.2, 0) is 13.2 Å². The van der Waals surface area contributed by atoms with Gasteiger partial charge in [0.25, 0.3) is 11.5 Å². The highest BCUT2D eigenvalue weighted by molar-refractivity contribution is 6.32. The van der Waals surface area contributed by atoms with E-state index in [-0.39, 0.29) is 21.9 Å². The molecule has 1 N–H and O–H groups in total. The van der Waals surface area contributed by atoms with Crippen LogP contribution in [0, 0.1) is 0 Å². The molecule has 2 aromatic carbocycles. The third-order valence-corrected chi connectivity index (χ3v) is 6.78. The number of anilines is 1. The molecule has 0 aliphatic rings. The van der Waals surface area contributed by atoms with Gasteiger partial charge in [-0.25, -0.2) is 15.0 Å². The molecule has 42 heavy (non-hydrogen) atoms. The summed E-state index contributed by atoms with van der Waals surface area (Å²) < 4.78 is 48.4. The first kappa shape index (κ1) is 27.0. The van der Waals surface area contributed by atoms with Crippen molar-refractivity contribution in [1.29, 1.82) is 0 Å². The van der Waals surface area contributed by atoms with Gasteiger partial charge in [-0.2, -0.15) is 13.2 Å².